The van der Waals surface area contributed by atoms with Gasteiger partial charge in [-0.15, -0.1) is 0 Å². The molecule has 2 aromatic rings. The third-order valence-electron chi connectivity index (χ3n) is 5.97. The van der Waals surface area contributed by atoms with E-state index in [1.54, 1.807) is 4.57 Å². The number of halogens is 1. The predicted octanol–water partition coefficient (Wildman–Crippen LogP) is 2.99. The molecule has 0 bridgehead atoms. The third kappa shape index (κ3) is 4.02. The van der Waals surface area contributed by atoms with Crippen molar-refractivity contribution >= 4 is 5.97 Å². The fourth-order valence-corrected chi connectivity index (χ4v) is 4.47. The molecule has 0 radical (unpaired) electrons. The van der Waals surface area contributed by atoms with Crippen LogP contribution in [0.5, 0.6) is 5.75 Å². The van der Waals surface area contributed by atoms with Crippen molar-refractivity contribution in [3.63, 3.8) is 0 Å². The van der Waals surface area contributed by atoms with Gasteiger partial charge in [-0.3, -0.25) is 4.79 Å². The molecule has 1 saturated heterocycles. The van der Waals surface area contributed by atoms with E-state index in [2.05, 4.69) is 0 Å². The lowest BCUT2D eigenvalue weighted by atomic mass is 9.83. The van der Waals surface area contributed by atoms with Crippen molar-refractivity contribution in [3.05, 3.63) is 74.8 Å². The van der Waals surface area contributed by atoms with Crippen LogP contribution in [-0.4, -0.2) is 30.4 Å². The van der Waals surface area contributed by atoms with E-state index in [-0.39, 0.29) is 28.7 Å². The Hall–Kier alpha value is -3.13. The van der Waals surface area contributed by atoms with Crippen molar-refractivity contribution in [2.45, 2.75) is 51.2 Å². The number of ether oxygens (including phenoxy) is 3. The van der Waals surface area contributed by atoms with E-state index < -0.39 is 17.7 Å². The molecule has 7 nitrogen and oxygen atoms in total. The predicted molar refractivity (Wildman–Crippen MR) is 116 cm³/mol. The second kappa shape index (κ2) is 9.16. The summed E-state index contributed by atoms with van der Waals surface area (Å²) in [6.45, 7) is 3.14. The fourth-order valence-electron chi connectivity index (χ4n) is 4.47. The number of nitrogens with zero attached hydrogens (tertiary/aromatic N) is 1. The first-order chi connectivity index (χ1) is 15.4. The summed E-state index contributed by atoms with van der Waals surface area (Å²) in [5.74, 6) is -1.79. The second-order valence-corrected chi connectivity index (χ2v) is 8.07. The summed E-state index contributed by atoms with van der Waals surface area (Å²) in [7, 11) is 1.24. The largest absolute Gasteiger partial charge is 0.465 e. The molecule has 1 aromatic carbocycles. The van der Waals surface area contributed by atoms with Crippen molar-refractivity contribution in [1.29, 1.82) is 0 Å². The monoisotopic (exact) mass is 442 g/mol. The number of fused-ring (bicyclic) bond motifs is 1. The zero-order valence-corrected chi connectivity index (χ0v) is 18.2. The molecular weight excluding hydrogens is 415 g/mol. The lowest BCUT2D eigenvalue weighted by molar-refractivity contribution is -0.136. The van der Waals surface area contributed by atoms with Crippen LogP contribution in [-0.2, 0) is 27.2 Å². The van der Waals surface area contributed by atoms with Gasteiger partial charge in [-0.05, 0) is 37.0 Å². The molecule has 1 aromatic heterocycles. The third-order valence-corrected chi connectivity index (χ3v) is 5.97. The van der Waals surface area contributed by atoms with E-state index in [9.17, 15) is 14.0 Å². The fraction of sp³-hybridized carbons (Fsp3) is 0.417. The van der Waals surface area contributed by atoms with Crippen LogP contribution in [0.2, 0.25) is 0 Å². The summed E-state index contributed by atoms with van der Waals surface area (Å²) in [6.07, 6.45) is 3.31. The molecule has 0 amide bonds. The van der Waals surface area contributed by atoms with Crippen molar-refractivity contribution in [1.82, 2.24) is 4.57 Å². The summed E-state index contributed by atoms with van der Waals surface area (Å²) in [4.78, 5) is 26.5. The van der Waals surface area contributed by atoms with Crippen molar-refractivity contribution in [2.75, 3.05) is 13.7 Å². The van der Waals surface area contributed by atoms with Gasteiger partial charge >= 0.3 is 5.97 Å². The van der Waals surface area contributed by atoms with Crippen molar-refractivity contribution < 1.29 is 23.4 Å². The maximum absolute atomic E-state index is 13.8. The highest BCUT2D eigenvalue weighted by molar-refractivity contribution is 5.92. The Balaban J connectivity index is 1.93. The number of aromatic nitrogens is 1. The molecule has 0 spiro atoms. The molecule has 170 valence electrons. The SMILES string of the molecule is CCCc1cc2c(c(=O)n1CC1CCCO1)C(c1ccc(F)cc1)C(C(=O)OC)=C(N)O2. The molecule has 32 heavy (non-hydrogen) atoms. The highest BCUT2D eigenvalue weighted by atomic mass is 19.1. The maximum Gasteiger partial charge on any atom is 0.340 e. The van der Waals surface area contributed by atoms with Crippen LogP contribution in [0, 0.1) is 5.82 Å². The number of aryl methyl sites for hydroxylation is 1. The van der Waals surface area contributed by atoms with Crippen LogP contribution >= 0.6 is 0 Å². The number of benzene rings is 1. The molecule has 2 unspecified atom stereocenters. The van der Waals surface area contributed by atoms with Crippen LogP contribution in [0.1, 0.15) is 48.9 Å². The van der Waals surface area contributed by atoms with Gasteiger partial charge in [-0.2, -0.15) is 0 Å². The molecule has 1 fully saturated rings. The molecule has 2 N–H and O–H groups in total. The maximum atomic E-state index is 13.8. The quantitative estimate of drug-likeness (QED) is 0.692. The second-order valence-electron chi connectivity index (χ2n) is 8.07. The lowest BCUT2D eigenvalue weighted by Crippen LogP contribution is -2.37. The highest BCUT2D eigenvalue weighted by Gasteiger charge is 2.38. The molecule has 8 heteroatoms. The molecule has 2 aliphatic rings. The van der Waals surface area contributed by atoms with Gasteiger partial charge in [-0.1, -0.05) is 25.5 Å². The number of carbonyl (C=O) groups excluding carboxylic acids is 1. The van der Waals surface area contributed by atoms with Gasteiger partial charge in [0.15, 0.2) is 0 Å². The van der Waals surface area contributed by atoms with Crippen LogP contribution in [0.25, 0.3) is 0 Å². The molecule has 0 aliphatic carbocycles. The summed E-state index contributed by atoms with van der Waals surface area (Å²) in [5.41, 5.74) is 7.52. The van der Waals surface area contributed by atoms with Gasteiger partial charge in [0, 0.05) is 18.4 Å². The summed E-state index contributed by atoms with van der Waals surface area (Å²) in [6, 6.07) is 7.45. The summed E-state index contributed by atoms with van der Waals surface area (Å²) >= 11 is 0. The number of hydrogen-bond donors (Lipinski definition) is 1. The Bertz CT molecular complexity index is 1100. The van der Waals surface area contributed by atoms with Crippen molar-refractivity contribution in [2.24, 2.45) is 5.73 Å². The lowest BCUT2D eigenvalue weighted by Gasteiger charge is -2.29. The Morgan fingerprint density at radius 2 is 2.06 bits per heavy atom. The van der Waals surface area contributed by atoms with Gasteiger partial charge in [0.25, 0.3) is 5.56 Å². The van der Waals surface area contributed by atoms with E-state index in [1.807, 2.05) is 13.0 Å². The van der Waals surface area contributed by atoms with Gasteiger partial charge in [0.1, 0.15) is 17.1 Å². The number of pyridine rings is 1. The van der Waals surface area contributed by atoms with Gasteiger partial charge in [0.2, 0.25) is 5.88 Å². The van der Waals surface area contributed by atoms with E-state index in [4.69, 9.17) is 19.9 Å². The molecule has 2 aliphatic heterocycles. The van der Waals surface area contributed by atoms with Gasteiger partial charge in [-0.25, -0.2) is 9.18 Å². The number of methoxy groups -OCH3 is 1. The first kappa shape index (κ1) is 22.1. The summed E-state index contributed by atoms with van der Waals surface area (Å²) < 4.78 is 31.8. The van der Waals surface area contributed by atoms with Gasteiger partial charge in [0.05, 0.1) is 31.2 Å². The van der Waals surface area contributed by atoms with E-state index >= 15 is 0 Å². The van der Waals surface area contributed by atoms with Crippen molar-refractivity contribution in [3.8, 4) is 5.75 Å². The first-order valence-corrected chi connectivity index (χ1v) is 10.8. The normalized spacial score (nSPS) is 20.1. The molecule has 2 atom stereocenters. The average molecular weight is 442 g/mol. The Morgan fingerprint density at radius 1 is 1.31 bits per heavy atom. The number of nitrogens with two attached hydrogens (primary N) is 1. The first-order valence-electron chi connectivity index (χ1n) is 10.8. The Labute approximate surface area is 185 Å². The molecular formula is C24H27FN2O5. The number of rotatable bonds is 6. The van der Waals surface area contributed by atoms with Crippen LogP contribution in [0.15, 0.2) is 46.6 Å². The molecule has 3 heterocycles. The Kier molecular flexibility index (Phi) is 6.32. The minimum absolute atomic E-state index is 0.0237. The van der Waals surface area contributed by atoms with Crippen LogP contribution in [0.3, 0.4) is 0 Å². The molecule has 0 saturated carbocycles. The zero-order valence-electron chi connectivity index (χ0n) is 18.2. The van der Waals surface area contributed by atoms with Crippen LogP contribution in [0.4, 0.5) is 4.39 Å². The molecule has 4 rings (SSSR count). The minimum atomic E-state index is -0.842. The number of hydrogen-bond acceptors (Lipinski definition) is 6. The average Bonchev–Trinajstić information content (AvgIpc) is 3.29. The number of esters is 1. The zero-order chi connectivity index (χ0) is 22.8. The van der Waals surface area contributed by atoms with E-state index in [0.29, 0.717) is 30.9 Å². The topological polar surface area (TPSA) is 92.8 Å². The van der Waals surface area contributed by atoms with Gasteiger partial charge < -0.3 is 24.5 Å². The standard InChI is InChI=1S/C24H27FN2O5/c1-3-5-16-12-18-20(23(28)27(16)13-17-6-4-11-31-17)19(14-7-9-15(25)10-8-14)21(22(26)32-18)24(29)30-2/h7-10,12,17,19H,3-6,11,13,26H2,1-2H3. The van der Waals surface area contributed by atoms with Crippen LogP contribution < -0.4 is 16.0 Å². The smallest absolute Gasteiger partial charge is 0.340 e. The summed E-state index contributed by atoms with van der Waals surface area (Å²) in [5, 5.41) is 0. The highest BCUT2D eigenvalue weighted by Crippen LogP contribution is 2.41. The minimum Gasteiger partial charge on any atom is -0.465 e. The van der Waals surface area contributed by atoms with E-state index in [0.717, 1.165) is 25.0 Å². The number of carbonyl (C=O) groups is 1. The Morgan fingerprint density at radius 3 is 2.69 bits per heavy atom. The van der Waals surface area contributed by atoms with E-state index in [1.165, 1.54) is 31.4 Å².